The molecule has 3 rings (SSSR count). The fraction of sp³-hybridized carbons (Fsp3) is 0.467. The number of aromatic nitrogens is 2. The lowest BCUT2D eigenvalue weighted by molar-refractivity contribution is 0.349. The van der Waals surface area contributed by atoms with E-state index in [0.29, 0.717) is 16.6 Å². The van der Waals surface area contributed by atoms with E-state index in [1.54, 1.807) is 6.07 Å². The standard InChI is InChI=1S/C15H20N4O/c1-15(5-3-2-4-6-15)19-13-8-12-10(7-11(13)16)14(20)18-9-17-12/h7-9,19H,2-6,16H2,1H3,(H,17,18,20). The van der Waals surface area contributed by atoms with Crippen LogP contribution in [0, 0.1) is 0 Å². The van der Waals surface area contributed by atoms with E-state index in [1.807, 2.05) is 6.07 Å². The second-order valence-corrected chi connectivity index (χ2v) is 5.93. The molecule has 1 aliphatic carbocycles. The zero-order chi connectivity index (χ0) is 14.2. The summed E-state index contributed by atoms with van der Waals surface area (Å²) in [4.78, 5) is 18.5. The molecule has 4 N–H and O–H groups in total. The number of nitrogens with one attached hydrogen (secondary N) is 2. The molecule has 1 aromatic carbocycles. The number of fused-ring (bicyclic) bond motifs is 1. The maximum Gasteiger partial charge on any atom is 0.258 e. The molecule has 1 aliphatic rings. The summed E-state index contributed by atoms with van der Waals surface area (Å²) in [6, 6.07) is 3.58. The third-order valence-electron chi connectivity index (χ3n) is 4.21. The van der Waals surface area contributed by atoms with Crippen molar-refractivity contribution in [3.63, 3.8) is 0 Å². The summed E-state index contributed by atoms with van der Waals surface area (Å²) in [6.07, 6.45) is 7.51. The molecule has 0 aliphatic heterocycles. The van der Waals surface area contributed by atoms with Crippen molar-refractivity contribution in [2.45, 2.75) is 44.6 Å². The number of nitrogens with two attached hydrogens (primary N) is 1. The Hall–Kier alpha value is -2.04. The van der Waals surface area contributed by atoms with E-state index in [4.69, 9.17) is 5.73 Å². The number of aromatic amines is 1. The highest BCUT2D eigenvalue weighted by molar-refractivity contribution is 5.88. The molecule has 5 heteroatoms. The lowest BCUT2D eigenvalue weighted by Gasteiger charge is -2.36. The average Bonchev–Trinajstić information content (AvgIpc) is 2.41. The van der Waals surface area contributed by atoms with Gasteiger partial charge in [0.25, 0.3) is 5.56 Å². The third kappa shape index (κ3) is 2.35. The zero-order valence-corrected chi connectivity index (χ0v) is 11.7. The number of nitrogen functional groups attached to an aromatic ring is 1. The van der Waals surface area contributed by atoms with Crippen LogP contribution in [0.2, 0.25) is 0 Å². The molecule has 1 heterocycles. The van der Waals surface area contributed by atoms with Gasteiger partial charge in [0, 0.05) is 5.54 Å². The van der Waals surface area contributed by atoms with E-state index in [9.17, 15) is 4.79 Å². The molecule has 1 saturated carbocycles. The molecule has 106 valence electrons. The van der Waals surface area contributed by atoms with E-state index in [2.05, 4.69) is 22.2 Å². The summed E-state index contributed by atoms with van der Waals surface area (Å²) in [6.45, 7) is 2.24. The van der Waals surface area contributed by atoms with Gasteiger partial charge in [-0.25, -0.2) is 4.98 Å². The molecule has 0 bridgehead atoms. The molecule has 0 atom stereocenters. The molecular weight excluding hydrogens is 252 g/mol. The average molecular weight is 272 g/mol. The van der Waals surface area contributed by atoms with Gasteiger partial charge in [0.2, 0.25) is 0 Å². The molecule has 2 aromatic rings. The Morgan fingerprint density at radius 3 is 2.80 bits per heavy atom. The Morgan fingerprint density at radius 1 is 1.30 bits per heavy atom. The van der Waals surface area contributed by atoms with E-state index < -0.39 is 0 Å². The van der Waals surface area contributed by atoms with Crippen LogP contribution in [-0.2, 0) is 0 Å². The van der Waals surface area contributed by atoms with Crippen molar-refractivity contribution in [3.8, 4) is 0 Å². The van der Waals surface area contributed by atoms with Gasteiger partial charge in [-0.1, -0.05) is 19.3 Å². The second-order valence-electron chi connectivity index (χ2n) is 5.93. The van der Waals surface area contributed by atoms with Crippen LogP contribution in [0.15, 0.2) is 23.3 Å². The maximum absolute atomic E-state index is 11.7. The van der Waals surface area contributed by atoms with Crippen LogP contribution < -0.4 is 16.6 Å². The number of benzene rings is 1. The van der Waals surface area contributed by atoms with Crippen molar-refractivity contribution in [2.75, 3.05) is 11.1 Å². The Morgan fingerprint density at radius 2 is 2.05 bits per heavy atom. The highest BCUT2D eigenvalue weighted by atomic mass is 16.1. The smallest absolute Gasteiger partial charge is 0.258 e. The first-order valence-corrected chi connectivity index (χ1v) is 7.13. The number of nitrogens with zero attached hydrogens (tertiary/aromatic N) is 1. The minimum Gasteiger partial charge on any atom is -0.397 e. The minimum absolute atomic E-state index is 0.0846. The fourth-order valence-electron chi connectivity index (χ4n) is 3.02. The summed E-state index contributed by atoms with van der Waals surface area (Å²) >= 11 is 0. The van der Waals surface area contributed by atoms with E-state index in [1.165, 1.54) is 25.6 Å². The molecule has 0 unspecified atom stereocenters. The summed E-state index contributed by atoms with van der Waals surface area (Å²) in [5.41, 5.74) is 8.16. The quantitative estimate of drug-likeness (QED) is 0.734. The first-order chi connectivity index (χ1) is 9.57. The van der Waals surface area contributed by atoms with Crippen LogP contribution in [0.1, 0.15) is 39.0 Å². The van der Waals surface area contributed by atoms with Gasteiger partial charge in [-0.3, -0.25) is 4.79 Å². The van der Waals surface area contributed by atoms with Crippen molar-refractivity contribution in [1.29, 1.82) is 0 Å². The summed E-state index contributed by atoms with van der Waals surface area (Å²) < 4.78 is 0. The molecule has 1 aromatic heterocycles. The van der Waals surface area contributed by atoms with E-state index in [-0.39, 0.29) is 11.1 Å². The topological polar surface area (TPSA) is 83.8 Å². The lowest BCUT2D eigenvalue weighted by atomic mass is 9.83. The summed E-state index contributed by atoms with van der Waals surface area (Å²) in [7, 11) is 0. The Balaban J connectivity index is 1.99. The van der Waals surface area contributed by atoms with Crippen molar-refractivity contribution >= 4 is 22.3 Å². The van der Waals surface area contributed by atoms with Gasteiger partial charge < -0.3 is 16.0 Å². The zero-order valence-electron chi connectivity index (χ0n) is 11.7. The molecule has 0 radical (unpaired) electrons. The van der Waals surface area contributed by atoms with Crippen LogP contribution in [0.5, 0.6) is 0 Å². The van der Waals surface area contributed by atoms with E-state index >= 15 is 0 Å². The van der Waals surface area contributed by atoms with Crippen molar-refractivity contribution in [2.24, 2.45) is 0 Å². The van der Waals surface area contributed by atoms with Crippen LogP contribution in [0.4, 0.5) is 11.4 Å². The van der Waals surface area contributed by atoms with Crippen LogP contribution in [0.25, 0.3) is 10.9 Å². The monoisotopic (exact) mass is 272 g/mol. The summed E-state index contributed by atoms with van der Waals surface area (Å²) in [5.74, 6) is 0. The Bertz CT molecular complexity index is 686. The minimum atomic E-state index is -0.155. The van der Waals surface area contributed by atoms with Gasteiger partial charge >= 0.3 is 0 Å². The molecule has 0 spiro atoms. The number of H-pyrrole nitrogens is 1. The summed E-state index contributed by atoms with van der Waals surface area (Å²) in [5, 5.41) is 4.09. The van der Waals surface area contributed by atoms with Crippen LogP contribution in [0.3, 0.4) is 0 Å². The highest BCUT2D eigenvalue weighted by Crippen LogP contribution is 2.33. The van der Waals surface area contributed by atoms with Crippen molar-refractivity contribution < 1.29 is 0 Å². The van der Waals surface area contributed by atoms with Gasteiger partial charge in [-0.05, 0) is 31.9 Å². The Labute approximate surface area is 117 Å². The Kier molecular flexibility index (Phi) is 3.12. The lowest BCUT2D eigenvalue weighted by Crippen LogP contribution is -2.37. The van der Waals surface area contributed by atoms with Gasteiger partial charge in [0.05, 0.1) is 28.6 Å². The SMILES string of the molecule is CC1(Nc2cc3nc[nH]c(=O)c3cc2N)CCCCC1. The fourth-order valence-corrected chi connectivity index (χ4v) is 3.02. The second kappa shape index (κ2) is 4.81. The van der Waals surface area contributed by atoms with Gasteiger partial charge in [0.1, 0.15) is 0 Å². The number of anilines is 2. The molecule has 1 fully saturated rings. The van der Waals surface area contributed by atoms with Crippen molar-refractivity contribution in [1.82, 2.24) is 9.97 Å². The number of hydrogen-bond donors (Lipinski definition) is 3. The van der Waals surface area contributed by atoms with Gasteiger partial charge in [-0.2, -0.15) is 0 Å². The van der Waals surface area contributed by atoms with Crippen LogP contribution >= 0.6 is 0 Å². The van der Waals surface area contributed by atoms with Crippen molar-refractivity contribution in [3.05, 3.63) is 28.8 Å². The molecule has 0 amide bonds. The predicted molar refractivity (Wildman–Crippen MR) is 81.9 cm³/mol. The number of hydrogen-bond acceptors (Lipinski definition) is 4. The predicted octanol–water partition coefficient (Wildman–Crippen LogP) is 2.64. The molecular formula is C15H20N4O. The molecule has 5 nitrogen and oxygen atoms in total. The van der Waals surface area contributed by atoms with E-state index in [0.717, 1.165) is 18.5 Å². The first kappa shape index (κ1) is 13.0. The third-order valence-corrected chi connectivity index (χ3v) is 4.21. The molecule has 20 heavy (non-hydrogen) atoms. The number of rotatable bonds is 2. The van der Waals surface area contributed by atoms with Gasteiger partial charge in [0.15, 0.2) is 0 Å². The largest absolute Gasteiger partial charge is 0.397 e. The van der Waals surface area contributed by atoms with Gasteiger partial charge in [-0.15, -0.1) is 0 Å². The molecule has 0 saturated heterocycles. The highest BCUT2D eigenvalue weighted by Gasteiger charge is 2.27. The van der Waals surface area contributed by atoms with Crippen LogP contribution in [-0.4, -0.2) is 15.5 Å². The maximum atomic E-state index is 11.7. The first-order valence-electron chi connectivity index (χ1n) is 7.13. The normalized spacial score (nSPS) is 18.1.